The van der Waals surface area contributed by atoms with Gasteiger partial charge in [0.15, 0.2) is 0 Å². The highest BCUT2D eigenvalue weighted by Gasteiger charge is 2.32. The van der Waals surface area contributed by atoms with Gasteiger partial charge >= 0.3 is 11.8 Å². The van der Waals surface area contributed by atoms with Crippen LogP contribution in [-0.4, -0.2) is 28.8 Å². The number of rotatable bonds is 1. The van der Waals surface area contributed by atoms with Crippen LogP contribution in [0.4, 0.5) is 5.69 Å². The average molecular weight is 329 g/mol. The summed E-state index contributed by atoms with van der Waals surface area (Å²) in [5, 5.41) is 3.31. The van der Waals surface area contributed by atoms with Crippen molar-refractivity contribution in [2.24, 2.45) is 0 Å². The van der Waals surface area contributed by atoms with Crippen LogP contribution < -0.4 is 5.32 Å². The molecule has 21 heavy (non-hydrogen) atoms. The summed E-state index contributed by atoms with van der Waals surface area (Å²) in [6, 6.07) is 4.89. The van der Waals surface area contributed by atoms with Crippen molar-refractivity contribution in [3.05, 3.63) is 28.2 Å². The number of halogens is 2. The Labute approximate surface area is 134 Å². The molecule has 0 aromatic heterocycles. The zero-order valence-electron chi connectivity index (χ0n) is 12.0. The van der Waals surface area contributed by atoms with Crippen LogP contribution in [0, 0.1) is 0 Å². The molecule has 1 fully saturated rings. The van der Waals surface area contributed by atoms with Crippen molar-refractivity contribution in [2.45, 2.75) is 45.2 Å². The number of amides is 2. The molecule has 2 atom stereocenters. The maximum Gasteiger partial charge on any atom is 0.313 e. The van der Waals surface area contributed by atoms with E-state index in [9.17, 15) is 9.59 Å². The summed E-state index contributed by atoms with van der Waals surface area (Å²) in [4.78, 5) is 26.1. The van der Waals surface area contributed by atoms with Crippen molar-refractivity contribution in [2.75, 3.05) is 5.32 Å². The molecule has 1 saturated heterocycles. The monoisotopic (exact) mass is 328 g/mol. The highest BCUT2D eigenvalue weighted by atomic mass is 35.5. The van der Waals surface area contributed by atoms with Crippen LogP contribution in [0.5, 0.6) is 0 Å². The van der Waals surface area contributed by atoms with Gasteiger partial charge in [-0.25, -0.2) is 0 Å². The number of piperidine rings is 1. The van der Waals surface area contributed by atoms with E-state index in [2.05, 4.69) is 5.32 Å². The van der Waals surface area contributed by atoms with E-state index in [1.807, 2.05) is 13.8 Å². The molecule has 2 amide bonds. The Hall–Kier alpha value is -1.26. The smallest absolute Gasteiger partial charge is 0.313 e. The van der Waals surface area contributed by atoms with Gasteiger partial charge in [-0.3, -0.25) is 9.59 Å². The third-order valence-corrected chi connectivity index (χ3v) is 4.54. The predicted molar refractivity (Wildman–Crippen MR) is 84.7 cm³/mol. The van der Waals surface area contributed by atoms with Gasteiger partial charge in [0.05, 0.1) is 10.0 Å². The molecule has 2 unspecified atom stereocenters. The normalized spacial score (nSPS) is 22.0. The number of carbonyl (C=O) groups is 2. The molecule has 0 spiro atoms. The second-order valence-corrected chi connectivity index (χ2v) is 6.24. The average Bonchev–Trinajstić information content (AvgIpc) is 2.42. The number of nitrogens with zero attached hydrogens (tertiary/aromatic N) is 1. The lowest BCUT2D eigenvalue weighted by atomic mass is 9.97. The molecular weight excluding hydrogens is 311 g/mol. The van der Waals surface area contributed by atoms with Gasteiger partial charge in [0, 0.05) is 17.8 Å². The van der Waals surface area contributed by atoms with Crippen LogP contribution in [0.25, 0.3) is 0 Å². The van der Waals surface area contributed by atoms with Crippen molar-refractivity contribution in [3.8, 4) is 0 Å². The van der Waals surface area contributed by atoms with E-state index in [1.54, 1.807) is 17.0 Å². The van der Waals surface area contributed by atoms with Crippen molar-refractivity contribution < 1.29 is 9.59 Å². The first kappa shape index (κ1) is 16.1. The van der Waals surface area contributed by atoms with Gasteiger partial charge in [0.25, 0.3) is 0 Å². The maximum atomic E-state index is 12.3. The lowest BCUT2D eigenvalue weighted by molar-refractivity contribution is -0.147. The summed E-state index contributed by atoms with van der Waals surface area (Å²) in [5.41, 5.74) is 0.458. The number of hydrogen-bond acceptors (Lipinski definition) is 2. The molecular formula is C15H18Cl2N2O2. The summed E-state index contributed by atoms with van der Waals surface area (Å²) in [6.45, 7) is 3.94. The van der Waals surface area contributed by atoms with Gasteiger partial charge in [-0.05, 0) is 51.3 Å². The van der Waals surface area contributed by atoms with Crippen LogP contribution in [0.15, 0.2) is 18.2 Å². The Kier molecular flexibility index (Phi) is 5.12. The highest BCUT2D eigenvalue weighted by molar-refractivity contribution is 6.43. The first-order valence-corrected chi connectivity index (χ1v) is 7.74. The molecule has 1 aromatic rings. The fourth-order valence-electron chi connectivity index (χ4n) is 2.70. The largest absolute Gasteiger partial charge is 0.329 e. The molecule has 6 heteroatoms. The quantitative estimate of drug-likeness (QED) is 0.798. The van der Waals surface area contributed by atoms with Gasteiger partial charge in [-0.15, -0.1) is 0 Å². The molecule has 0 aliphatic carbocycles. The fourth-order valence-corrected chi connectivity index (χ4v) is 3.00. The van der Waals surface area contributed by atoms with Crippen molar-refractivity contribution in [1.29, 1.82) is 0 Å². The zero-order valence-corrected chi connectivity index (χ0v) is 13.5. The first-order valence-electron chi connectivity index (χ1n) is 6.99. The minimum Gasteiger partial charge on any atom is -0.329 e. The molecule has 1 aliphatic rings. The maximum absolute atomic E-state index is 12.3. The third-order valence-electron chi connectivity index (χ3n) is 3.80. The molecule has 0 radical (unpaired) electrons. The minimum absolute atomic E-state index is 0.0841. The highest BCUT2D eigenvalue weighted by Crippen LogP contribution is 2.26. The van der Waals surface area contributed by atoms with Crippen LogP contribution in [0.3, 0.4) is 0 Å². The summed E-state index contributed by atoms with van der Waals surface area (Å²) >= 11 is 11.7. The van der Waals surface area contributed by atoms with Gasteiger partial charge in [0.2, 0.25) is 0 Å². The number of hydrogen-bond donors (Lipinski definition) is 1. The number of likely N-dealkylation sites (tertiary alicyclic amines) is 1. The van der Waals surface area contributed by atoms with Crippen molar-refractivity contribution in [3.63, 3.8) is 0 Å². The summed E-state index contributed by atoms with van der Waals surface area (Å²) < 4.78 is 0. The molecule has 1 heterocycles. The van der Waals surface area contributed by atoms with Gasteiger partial charge in [-0.1, -0.05) is 23.2 Å². The fraction of sp³-hybridized carbons (Fsp3) is 0.467. The van der Waals surface area contributed by atoms with Crippen molar-refractivity contribution >= 4 is 40.7 Å². The van der Waals surface area contributed by atoms with E-state index >= 15 is 0 Å². The van der Waals surface area contributed by atoms with Crippen LogP contribution in [-0.2, 0) is 9.59 Å². The second-order valence-electron chi connectivity index (χ2n) is 5.42. The lowest BCUT2D eigenvalue weighted by Gasteiger charge is -2.38. The van der Waals surface area contributed by atoms with E-state index in [4.69, 9.17) is 23.2 Å². The molecule has 0 saturated carbocycles. The predicted octanol–water partition coefficient (Wildman–Crippen LogP) is 3.72. The second kappa shape index (κ2) is 6.67. The summed E-state index contributed by atoms with van der Waals surface area (Å²) in [6.07, 6.45) is 2.94. The first-order chi connectivity index (χ1) is 9.90. The lowest BCUT2D eigenvalue weighted by Crippen LogP contribution is -2.51. The molecule has 1 N–H and O–H groups in total. The SMILES string of the molecule is CC1CCCC(C)N1C(=O)C(=O)Nc1ccc(Cl)c(Cl)c1. The van der Waals surface area contributed by atoms with E-state index in [0.29, 0.717) is 15.7 Å². The zero-order chi connectivity index (χ0) is 15.6. The molecule has 114 valence electrons. The topological polar surface area (TPSA) is 49.4 Å². The minimum atomic E-state index is -0.644. The molecule has 4 nitrogen and oxygen atoms in total. The van der Waals surface area contributed by atoms with Gasteiger partial charge in [0.1, 0.15) is 0 Å². The third kappa shape index (κ3) is 3.69. The Balaban J connectivity index is 2.08. The van der Waals surface area contributed by atoms with E-state index in [0.717, 1.165) is 19.3 Å². The Morgan fingerprint density at radius 1 is 1.14 bits per heavy atom. The Morgan fingerprint density at radius 3 is 2.33 bits per heavy atom. The Morgan fingerprint density at radius 2 is 1.76 bits per heavy atom. The number of anilines is 1. The Bertz CT molecular complexity index is 553. The summed E-state index contributed by atoms with van der Waals surface area (Å²) in [5.74, 6) is -1.14. The number of benzene rings is 1. The van der Waals surface area contributed by atoms with E-state index in [-0.39, 0.29) is 12.1 Å². The molecule has 1 aromatic carbocycles. The summed E-state index contributed by atoms with van der Waals surface area (Å²) in [7, 11) is 0. The van der Waals surface area contributed by atoms with Crippen LogP contribution >= 0.6 is 23.2 Å². The number of carbonyl (C=O) groups excluding carboxylic acids is 2. The van der Waals surface area contributed by atoms with E-state index in [1.165, 1.54) is 6.07 Å². The van der Waals surface area contributed by atoms with E-state index < -0.39 is 11.8 Å². The van der Waals surface area contributed by atoms with Gasteiger partial charge in [-0.2, -0.15) is 0 Å². The molecule has 2 rings (SSSR count). The van der Waals surface area contributed by atoms with Crippen LogP contribution in [0.1, 0.15) is 33.1 Å². The van der Waals surface area contributed by atoms with Gasteiger partial charge < -0.3 is 10.2 Å². The molecule has 1 aliphatic heterocycles. The number of nitrogens with one attached hydrogen (secondary N) is 1. The molecule has 0 bridgehead atoms. The van der Waals surface area contributed by atoms with Crippen LogP contribution in [0.2, 0.25) is 10.0 Å². The van der Waals surface area contributed by atoms with Crippen molar-refractivity contribution in [1.82, 2.24) is 4.90 Å². The standard InChI is InChI=1S/C15H18Cl2N2O2/c1-9-4-3-5-10(2)19(9)15(21)14(20)18-11-6-7-12(16)13(17)8-11/h6-10H,3-5H2,1-2H3,(H,18,20).